The van der Waals surface area contributed by atoms with Crippen LogP contribution in [-0.2, 0) is 19.2 Å². The smallest absolute Gasteiger partial charge is 0.255 e. The van der Waals surface area contributed by atoms with Gasteiger partial charge in [-0.15, -0.1) is 0 Å². The van der Waals surface area contributed by atoms with Gasteiger partial charge in [0.25, 0.3) is 5.91 Å². The summed E-state index contributed by atoms with van der Waals surface area (Å²) in [7, 11) is 0. The maximum atomic E-state index is 13.2. The lowest BCUT2D eigenvalue weighted by Gasteiger charge is -2.32. The van der Waals surface area contributed by atoms with Crippen molar-refractivity contribution in [2.75, 3.05) is 39.3 Å². The number of amides is 5. The number of hydrogen-bond donors (Lipinski definition) is 3. The monoisotopic (exact) mass is 457 g/mol. The van der Waals surface area contributed by atoms with Gasteiger partial charge in [0.1, 0.15) is 24.4 Å². The molecule has 3 heterocycles. The standard InChI is InChI=1S/C22H27N5O6/c28-18-13-26(10-7-23-18)22(32)15-12-19(29)27-9-3-5-16(27)21(31)24-8-11-33-17-6-2-1-4-14(17)20(30)25-15/h1-2,4,6,15-16H,3,5,7-13H2,(H,23,28)(H,24,31)(H,25,30)/t15-,16-/m0/s1. The molecule has 5 amide bonds. The maximum absolute atomic E-state index is 13.2. The van der Waals surface area contributed by atoms with Gasteiger partial charge in [-0.1, -0.05) is 12.1 Å². The lowest BCUT2D eigenvalue weighted by atomic mass is 10.1. The van der Waals surface area contributed by atoms with Gasteiger partial charge >= 0.3 is 0 Å². The molecule has 2 saturated heterocycles. The van der Waals surface area contributed by atoms with Crippen molar-refractivity contribution in [3.05, 3.63) is 29.8 Å². The van der Waals surface area contributed by atoms with Crippen molar-refractivity contribution in [2.24, 2.45) is 0 Å². The molecule has 0 aliphatic carbocycles. The van der Waals surface area contributed by atoms with Crippen LogP contribution in [0.5, 0.6) is 5.75 Å². The summed E-state index contributed by atoms with van der Waals surface area (Å²) in [5.74, 6) is -1.74. The Morgan fingerprint density at radius 3 is 2.67 bits per heavy atom. The van der Waals surface area contributed by atoms with Gasteiger partial charge in [-0.3, -0.25) is 24.0 Å². The van der Waals surface area contributed by atoms with Crippen molar-refractivity contribution in [1.82, 2.24) is 25.8 Å². The molecule has 3 aliphatic rings. The summed E-state index contributed by atoms with van der Waals surface area (Å²) in [4.78, 5) is 66.7. The number of carbonyl (C=O) groups is 5. The number of rotatable bonds is 1. The predicted octanol–water partition coefficient (Wildman–Crippen LogP) is -1.37. The average Bonchev–Trinajstić information content (AvgIpc) is 3.31. The Balaban J connectivity index is 1.63. The lowest BCUT2D eigenvalue weighted by molar-refractivity contribution is -0.143. The average molecular weight is 457 g/mol. The fraction of sp³-hybridized carbons (Fsp3) is 0.500. The molecule has 0 saturated carbocycles. The van der Waals surface area contributed by atoms with Gasteiger partial charge in [0, 0.05) is 19.6 Å². The third-order valence-electron chi connectivity index (χ3n) is 6.00. The highest BCUT2D eigenvalue weighted by molar-refractivity contribution is 6.01. The number of hydrogen-bond acceptors (Lipinski definition) is 6. The molecule has 176 valence electrons. The molecule has 1 aromatic rings. The molecule has 4 rings (SSSR count). The van der Waals surface area contributed by atoms with E-state index in [1.807, 2.05) is 0 Å². The van der Waals surface area contributed by atoms with E-state index >= 15 is 0 Å². The normalized spacial score (nSPS) is 24.5. The first kappa shape index (κ1) is 22.6. The molecule has 0 unspecified atom stereocenters. The van der Waals surface area contributed by atoms with Gasteiger partial charge in [0.2, 0.25) is 23.6 Å². The van der Waals surface area contributed by atoms with Gasteiger partial charge in [0.05, 0.1) is 25.1 Å². The number of para-hydroxylation sites is 1. The van der Waals surface area contributed by atoms with Crippen molar-refractivity contribution in [3.63, 3.8) is 0 Å². The second-order valence-electron chi connectivity index (χ2n) is 8.22. The number of carbonyl (C=O) groups excluding carboxylic acids is 5. The molecule has 0 bridgehead atoms. The van der Waals surface area contributed by atoms with Crippen LogP contribution in [-0.4, -0.2) is 90.8 Å². The van der Waals surface area contributed by atoms with Crippen LogP contribution in [0.15, 0.2) is 24.3 Å². The molecular formula is C22H27N5O6. The second kappa shape index (κ2) is 9.88. The number of nitrogens with zero attached hydrogens (tertiary/aromatic N) is 2. The SMILES string of the molecule is O=C1CN(C(=O)[C@@H]2CC(=O)N3CCC[C@H]3C(=O)NCCOc3ccccc3C(=O)N2)CCN1. The zero-order chi connectivity index (χ0) is 23.4. The maximum Gasteiger partial charge on any atom is 0.255 e. The summed E-state index contributed by atoms with van der Waals surface area (Å²) in [6.45, 7) is 1.20. The molecule has 0 radical (unpaired) electrons. The van der Waals surface area contributed by atoms with Crippen molar-refractivity contribution >= 4 is 29.5 Å². The third kappa shape index (κ3) is 5.07. The fourth-order valence-corrected chi connectivity index (χ4v) is 4.35. The molecule has 0 spiro atoms. The summed E-state index contributed by atoms with van der Waals surface area (Å²) in [5.41, 5.74) is 0.210. The first-order chi connectivity index (χ1) is 15.9. The van der Waals surface area contributed by atoms with Crippen LogP contribution in [0, 0.1) is 0 Å². The summed E-state index contributed by atoms with van der Waals surface area (Å²) >= 11 is 0. The van der Waals surface area contributed by atoms with Gasteiger partial charge in [0.15, 0.2) is 0 Å². The van der Waals surface area contributed by atoms with Crippen LogP contribution in [0.4, 0.5) is 0 Å². The lowest BCUT2D eigenvalue weighted by Crippen LogP contribution is -2.57. The Labute approximate surface area is 190 Å². The molecule has 0 aromatic heterocycles. The van der Waals surface area contributed by atoms with Gasteiger partial charge in [-0.25, -0.2) is 0 Å². The summed E-state index contributed by atoms with van der Waals surface area (Å²) in [6.07, 6.45) is 0.886. The fourth-order valence-electron chi connectivity index (χ4n) is 4.35. The highest BCUT2D eigenvalue weighted by atomic mass is 16.5. The van der Waals surface area contributed by atoms with E-state index in [4.69, 9.17) is 4.74 Å². The zero-order valence-electron chi connectivity index (χ0n) is 18.2. The van der Waals surface area contributed by atoms with E-state index < -0.39 is 29.8 Å². The Hall–Kier alpha value is -3.63. The number of nitrogens with one attached hydrogen (secondary N) is 3. The van der Waals surface area contributed by atoms with Crippen LogP contribution >= 0.6 is 0 Å². The van der Waals surface area contributed by atoms with E-state index in [9.17, 15) is 24.0 Å². The van der Waals surface area contributed by atoms with E-state index in [-0.39, 0.29) is 50.0 Å². The summed E-state index contributed by atoms with van der Waals surface area (Å²) in [5, 5.41) is 8.10. The highest BCUT2D eigenvalue weighted by Gasteiger charge is 2.38. The molecule has 3 aliphatic heterocycles. The van der Waals surface area contributed by atoms with Crippen molar-refractivity contribution in [2.45, 2.75) is 31.3 Å². The van der Waals surface area contributed by atoms with Crippen LogP contribution < -0.4 is 20.7 Å². The van der Waals surface area contributed by atoms with E-state index in [0.29, 0.717) is 31.7 Å². The zero-order valence-corrected chi connectivity index (χ0v) is 18.2. The largest absolute Gasteiger partial charge is 0.491 e. The third-order valence-corrected chi connectivity index (χ3v) is 6.00. The highest BCUT2D eigenvalue weighted by Crippen LogP contribution is 2.21. The van der Waals surface area contributed by atoms with Gasteiger partial charge in [-0.05, 0) is 25.0 Å². The van der Waals surface area contributed by atoms with Crippen LogP contribution in [0.2, 0.25) is 0 Å². The number of piperazine rings is 1. The predicted molar refractivity (Wildman–Crippen MR) is 115 cm³/mol. The van der Waals surface area contributed by atoms with E-state index in [2.05, 4.69) is 16.0 Å². The van der Waals surface area contributed by atoms with Crippen LogP contribution in [0.1, 0.15) is 29.6 Å². The minimum absolute atomic E-state index is 0.141. The molecule has 33 heavy (non-hydrogen) atoms. The Kier molecular flexibility index (Phi) is 6.76. The Bertz CT molecular complexity index is 966. The quantitative estimate of drug-likeness (QED) is 0.476. The first-order valence-corrected chi connectivity index (χ1v) is 11.1. The molecule has 2 atom stereocenters. The van der Waals surface area contributed by atoms with Crippen LogP contribution in [0.3, 0.4) is 0 Å². The number of fused-ring (bicyclic) bond motifs is 2. The molecular weight excluding hydrogens is 430 g/mol. The van der Waals surface area contributed by atoms with Crippen molar-refractivity contribution < 1.29 is 28.7 Å². The topological polar surface area (TPSA) is 137 Å². The molecule has 3 N–H and O–H groups in total. The first-order valence-electron chi connectivity index (χ1n) is 11.1. The molecule has 2 fully saturated rings. The Morgan fingerprint density at radius 2 is 1.85 bits per heavy atom. The minimum atomic E-state index is -1.18. The van der Waals surface area contributed by atoms with Crippen molar-refractivity contribution in [1.29, 1.82) is 0 Å². The summed E-state index contributed by atoms with van der Waals surface area (Å²) in [6, 6.07) is 4.75. The van der Waals surface area contributed by atoms with Gasteiger partial charge < -0.3 is 30.5 Å². The van der Waals surface area contributed by atoms with Crippen LogP contribution in [0.25, 0.3) is 0 Å². The summed E-state index contributed by atoms with van der Waals surface area (Å²) < 4.78 is 5.71. The molecule has 11 heteroatoms. The molecule has 11 nitrogen and oxygen atoms in total. The second-order valence-corrected chi connectivity index (χ2v) is 8.22. The van der Waals surface area contributed by atoms with Gasteiger partial charge in [-0.2, -0.15) is 0 Å². The van der Waals surface area contributed by atoms with Crippen molar-refractivity contribution in [3.8, 4) is 5.75 Å². The number of ether oxygens (including phenoxy) is 1. The molecule has 1 aromatic carbocycles. The van der Waals surface area contributed by atoms with E-state index in [1.54, 1.807) is 24.3 Å². The van der Waals surface area contributed by atoms with E-state index in [1.165, 1.54) is 9.80 Å². The number of benzene rings is 1. The Morgan fingerprint density at radius 1 is 1.03 bits per heavy atom. The van der Waals surface area contributed by atoms with E-state index in [0.717, 1.165) is 0 Å². The minimum Gasteiger partial charge on any atom is -0.491 e.